The summed E-state index contributed by atoms with van der Waals surface area (Å²) in [6.45, 7) is 1.82. The number of nitrogens with two attached hydrogens (primary N) is 1. The molecule has 0 aromatic heterocycles. The Bertz CT molecular complexity index is 290. The van der Waals surface area contributed by atoms with Crippen molar-refractivity contribution in [3.05, 3.63) is 0 Å². The van der Waals surface area contributed by atoms with E-state index in [0.29, 0.717) is 0 Å². The highest BCUT2D eigenvalue weighted by molar-refractivity contribution is 7.89. The Morgan fingerprint density at radius 1 is 1.07 bits per heavy atom. The van der Waals surface area contributed by atoms with E-state index in [-0.39, 0.29) is 5.25 Å². The SMILES string of the molecule is NS(=O)(=O)C1CCN(C2CCC2)CC1. The Hall–Kier alpha value is -0.130. The fourth-order valence-corrected chi connectivity index (χ4v) is 3.19. The Labute approximate surface area is 85.5 Å². The Kier molecular flexibility index (Phi) is 2.81. The second kappa shape index (κ2) is 3.79. The van der Waals surface area contributed by atoms with Gasteiger partial charge in [0.25, 0.3) is 0 Å². The largest absolute Gasteiger partial charge is 0.300 e. The highest BCUT2D eigenvalue weighted by Crippen LogP contribution is 2.28. The van der Waals surface area contributed by atoms with E-state index in [2.05, 4.69) is 4.90 Å². The van der Waals surface area contributed by atoms with Crippen molar-refractivity contribution in [3.8, 4) is 0 Å². The van der Waals surface area contributed by atoms with Crippen LogP contribution in [0.1, 0.15) is 32.1 Å². The molecule has 2 N–H and O–H groups in total. The van der Waals surface area contributed by atoms with Crippen LogP contribution in [0.2, 0.25) is 0 Å². The van der Waals surface area contributed by atoms with Crippen LogP contribution in [0, 0.1) is 0 Å². The molecule has 0 aromatic rings. The Morgan fingerprint density at radius 2 is 1.64 bits per heavy atom. The summed E-state index contributed by atoms with van der Waals surface area (Å²) in [7, 11) is -3.29. The smallest absolute Gasteiger partial charge is 0.212 e. The van der Waals surface area contributed by atoms with E-state index in [1.54, 1.807) is 0 Å². The summed E-state index contributed by atoms with van der Waals surface area (Å²) in [6, 6.07) is 0.733. The predicted octanol–water partition coefficient (Wildman–Crippen LogP) is 0.292. The molecule has 2 aliphatic rings. The quantitative estimate of drug-likeness (QED) is 0.724. The van der Waals surface area contributed by atoms with Gasteiger partial charge in [0.15, 0.2) is 0 Å². The van der Waals surface area contributed by atoms with E-state index < -0.39 is 10.0 Å². The van der Waals surface area contributed by atoms with Gasteiger partial charge in [0.05, 0.1) is 5.25 Å². The van der Waals surface area contributed by atoms with Crippen LogP contribution < -0.4 is 5.14 Å². The third-order valence-corrected chi connectivity index (χ3v) is 4.93. The maximum atomic E-state index is 11.1. The third-order valence-electron chi connectivity index (χ3n) is 3.53. The minimum atomic E-state index is -3.29. The summed E-state index contributed by atoms with van der Waals surface area (Å²) in [5.41, 5.74) is 0. The van der Waals surface area contributed by atoms with Crippen LogP contribution in [-0.4, -0.2) is 37.7 Å². The molecule has 1 heterocycles. The zero-order chi connectivity index (χ0) is 10.2. The zero-order valence-electron chi connectivity index (χ0n) is 8.35. The van der Waals surface area contributed by atoms with Gasteiger partial charge in [0.1, 0.15) is 0 Å². The number of nitrogens with zero attached hydrogens (tertiary/aromatic N) is 1. The molecule has 1 aliphatic carbocycles. The Morgan fingerprint density at radius 3 is 2.00 bits per heavy atom. The highest BCUT2D eigenvalue weighted by Gasteiger charge is 2.32. The van der Waals surface area contributed by atoms with E-state index in [1.165, 1.54) is 19.3 Å². The molecule has 5 heteroatoms. The number of likely N-dealkylation sites (tertiary alicyclic amines) is 1. The van der Waals surface area contributed by atoms with Gasteiger partial charge in [0.2, 0.25) is 10.0 Å². The van der Waals surface area contributed by atoms with Crippen LogP contribution >= 0.6 is 0 Å². The van der Waals surface area contributed by atoms with Crippen molar-refractivity contribution in [3.63, 3.8) is 0 Å². The topological polar surface area (TPSA) is 63.4 Å². The van der Waals surface area contributed by atoms with Crippen molar-refractivity contribution in [2.75, 3.05) is 13.1 Å². The maximum Gasteiger partial charge on any atom is 0.212 e. The first-order valence-corrected chi connectivity index (χ1v) is 6.94. The van der Waals surface area contributed by atoms with E-state index >= 15 is 0 Å². The lowest BCUT2D eigenvalue weighted by Crippen LogP contribution is -2.48. The van der Waals surface area contributed by atoms with E-state index in [1.807, 2.05) is 0 Å². The van der Waals surface area contributed by atoms with Gasteiger partial charge >= 0.3 is 0 Å². The van der Waals surface area contributed by atoms with Crippen LogP contribution in [-0.2, 0) is 10.0 Å². The van der Waals surface area contributed by atoms with Gasteiger partial charge in [-0.25, -0.2) is 13.6 Å². The zero-order valence-corrected chi connectivity index (χ0v) is 9.17. The Balaban J connectivity index is 1.85. The molecule has 0 unspecified atom stereocenters. The molecule has 1 saturated heterocycles. The van der Waals surface area contributed by atoms with E-state index in [0.717, 1.165) is 32.0 Å². The molecular weight excluding hydrogens is 200 g/mol. The minimum absolute atomic E-state index is 0.293. The second-order valence-corrected chi connectivity index (χ2v) is 6.25. The first-order chi connectivity index (χ1) is 6.57. The second-order valence-electron chi connectivity index (χ2n) is 4.41. The summed E-state index contributed by atoms with van der Waals surface area (Å²) >= 11 is 0. The van der Waals surface area contributed by atoms with Crippen molar-refractivity contribution < 1.29 is 8.42 Å². The molecule has 0 amide bonds. The van der Waals surface area contributed by atoms with Crippen molar-refractivity contribution in [2.24, 2.45) is 5.14 Å². The van der Waals surface area contributed by atoms with Crippen LogP contribution in [0.3, 0.4) is 0 Å². The summed E-state index contributed by atoms with van der Waals surface area (Å²) in [5.74, 6) is 0. The summed E-state index contributed by atoms with van der Waals surface area (Å²) < 4.78 is 22.2. The standard InChI is InChI=1S/C9H18N2O2S/c10-14(12,13)9-4-6-11(7-5-9)8-2-1-3-8/h8-9H,1-7H2,(H2,10,12,13). The molecule has 0 radical (unpaired) electrons. The molecule has 2 fully saturated rings. The van der Waals surface area contributed by atoms with Crippen molar-refractivity contribution >= 4 is 10.0 Å². The van der Waals surface area contributed by atoms with Crippen molar-refractivity contribution in [1.82, 2.24) is 4.90 Å². The molecule has 0 bridgehead atoms. The average molecular weight is 218 g/mol. The summed E-state index contributed by atoms with van der Waals surface area (Å²) in [4.78, 5) is 2.42. The summed E-state index contributed by atoms with van der Waals surface area (Å²) in [5, 5.41) is 4.84. The van der Waals surface area contributed by atoms with Crippen LogP contribution in [0.25, 0.3) is 0 Å². The number of sulfonamides is 1. The van der Waals surface area contributed by atoms with Gasteiger partial charge in [-0.1, -0.05) is 6.42 Å². The van der Waals surface area contributed by atoms with Gasteiger partial charge in [0, 0.05) is 6.04 Å². The molecule has 4 nitrogen and oxygen atoms in total. The number of hydrogen-bond acceptors (Lipinski definition) is 3. The van der Waals surface area contributed by atoms with Crippen LogP contribution in [0.15, 0.2) is 0 Å². The van der Waals surface area contributed by atoms with Gasteiger partial charge in [-0.15, -0.1) is 0 Å². The lowest BCUT2D eigenvalue weighted by atomic mass is 9.90. The lowest BCUT2D eigenvalue weighted by Gasteiger charge is -2.41. The minimum Gasteiger partial charge on any atom is -0.300 e. The monoisotopic (exact) mass is 218 g/mol. The molecule has 1 saturated carbocycles. The van der Waals surface area contributed by atoms with Gasteiger partial charge in [-0.05, 0) is 38.8 Å². The lowest BCUT2D eigenvalue weighted by molar-refractivity contribution is 0.106. The predicted molar refractivity (Wildman–Crippen MR) is 55.3 cm³/mol. The number of piperidine rings is 1. The maximum absolute atomic E-state index is 11.1. The molecule has 0 atom stereocenters. The van der Waals surface area contributed by atoms with Gasteiger partial charge < -0.3 is 4.90 Å². The highest BCUT2D eigenvalue weighted by atomic mass is 32.2. The molecule has 0 aromatic carbocycles. The average Bonchev–Trinajstić information content (AvgIpc) is 2.00. The van der Waals surface area contributed by atoms with Gasteiger partial charge in [-0.2, -0.15) is 0 Å². The number of hydrogen-bond donors (Lipinski definition) is 1. The molecule has 0 spiro atoms. The fraction of sp³-hybridized carbons (Fsp3) is 1.00. The molecular formula is C9H18N2O2S. The molecule has 2 rings (SSSR count). The fourth-order valence-electron chi connectivity index (χ4n) is 2.32. The third kappa shape index (κ3) is 2.10. The number of rotatable bonds is 2. The normalized spacial score (nSPS) is 27.5. The van der Waals surface area contributed by atoms with Crippen molar-refractivity contribution in [1.29, 1.82) is 0 Å². The first kappa shape index (κ1) is 10.4. The molecule has 1 aliphatic heterocycles. The molecule has 14 heavy (non-hydrogen) atoms. The van der Waals surface area contributed by atoms with Crippen LogP contribution in [0.4, 0.5) is 0 Å². The summed E-state index contributed by atoms with van der Waals surface area (Å²) in [6.07, 6.45) is 5.35. The van der Waals surface area contributed by atoms with Crippen LogP contribution in [0.5, 0.6) is 0 Å². The van der Waals surface area contributed by atoms with E-state index in [9.17, 15) is 8.42 Å². The van der Waals surface area contributed by atoms with Crippen molar-refractivity contribution in [2.45, 2.75) is 43.4 Å². The van der Waals surface area contributed by atoms with Gasteiger partial charge in [-0.3, -0.25) is 0 Å². The molecule has 82 valence electrons. The number of primary sulfonamides is 1. The van der Waals surface area contributed by atoms with E-state index in [4.69, 9.17) is 5.14 Å². The first-order valence-electron chi connectivity index (χ1n) is 5.33.